The molecule has 212 valence electrons. The quantitative estimate of drug-likeness (QED) is 0.233. The summed E-state index contributed by atoms with van der Waals surface area (Å²) in [6.45, 7) is 13.7. The van der Waals surface area contributed by atoms with Gasteiger partial charge in [-0.2, -0.15) is 0 Å². The Morgan fingerprint density at radius 2 is 1.67 bits per heavy atom. The number of thioether (sulfide) groups is 1. The second-order valence-corrected chi connectivity index (χ2v) is 13.8. The van der Waals surface area contributed by atoms with E-state index in [0.29, 0.717) is 30.5 Å². The Kier molecular flexibility index (Phi) is 8.99. The molecule has 0 saturated heterocycles. The number of aliphatic imine (C=N–C) groups is 1. The summed E-state index contributed by atoms with van der Waals surface area (Å²) in [5.41, 5.74) is 17.5. The van der Waals surface area contributed by atoms with Gasteiger partial charge in [-0.25, -0.2) is 4.98 Å². The molecule has 1 aromatic heterocycles. The van der Waals surface area contributed by atoms with Crippen LogP contribution in [0.2, 0.25) is 0 Å². The smallest absolute Gasteiger partial charge is 0.256 e. The monoisotopic (exact) mass is 549 g/mol. The van der Waals surface area contributed by atoms with Crippen molar-refractivity contribution >= 4 is 23.6 Å². The number of rotatable bonds is 8. The molecule has 1 fully saturated rings. The van der Waals surface area contributed by atoms with Crippen molar-refractivity contribution in [3.05, 3.63) is 58.3 Å². The fraction of sp³-hybridized carbons (Fsp3) is 0.594. The van der Waals surface area contributed by atoms with Crippen LogP contribution in [-0.4, -0.2) is 41.1 Å². The van der Waals surface area contributed by atoms with Gasteiger partial charge in [0, 0.05) is 25.8 Å². The molecule has 6 nitrogen and oxygen atoms in total. The SMILES string of the molecule is CSc1ncccc1C(=O)N(Cc1cc2c(cc1C)C(C)(C)CCC2(C)C)CC1CCC(CN=C(N)N)CC1. The lowest BCUT2D eigenvalue weighted by Crippen LogP contribution is -2.38. The summed E-state index contributed by atoms with van der Waals surface area (Å²) in [5.74, 6) is 1.23. The van der Waals surface area contributed by atoms with Gasteiger partial charge in [-0.15, -0.1) is 11.8 Å². The van der Waals surface area contributed by atoms with Crippen LogP contribution < -0.4 is 11.5 Å². The maximum Gasteiger partial charge on any atom is 0.256 e. The predicted molar refractivity (Wildman–Crippen MR) is 163 cm³/mol. The molecular weight excluding hydrogens is 502 g/mol. The number of aryl methyl sites for hydroxylation is 1. The van der Waals surface area contributed by atoms with Crippen LogP contribution in [-0.2, 0) is 17.4 Å². The van der Waals surface area contributed by atoms with Gasteiger partial charge in [0.15, 0.2) is 5.96 Å². The molecule has 1 amide bonds. The maximum atomic E-state index is 14.1. The van der Waals surface area contributed by atoms with E-state index in [2.05, 4.69) is 61.6 Å². The summed E-state index contributed by atoms with van der Waals surface area (Å²) in [6, 6.07) is 8.61. The zero-order valence-corrected chi connectivity index (χ0v) is 25.5. The van der Waals surface area contributed by atoms with Crippen LogP contribution >= 0.6 is 11.8 Å². The Morgan fingerprint density at radius 1 is 1.05 bits per heavy atom. The standard InChI is InChI=1S/C32H47N5OS/c1-21-16-26-27(32(4,5)14-13-31(26,2)3)17-24(21)20-37(29(38)25-8-7-15-35-28(25)39-6)19-23-11-9-22(10-12-23)18-36-30(33)34/h7-8,15-17,22-23H,9-14,18-20H2,1-6H3,(H4,33,34,36). The van der Waals surface area contributed by atoms with E-state index in [-0.39, 0.29) is 22.7 Å². The van der Waals surface area contributed by atoms with Crippen LogP contribution in [0.1, 0.15) is 98.8 Å². The van der Waals surface area contributed by atoms with E-state index in [4.69, 9.17) is 11.5 Å². The topological polar surface area (TPSA) is 97.6 Å². The van der Waals surface area contributed by atoms with Gasteiger partial charge in [0.25, 0.3) is 5.91 Å². The molecule has 7 heteroatoms. The van der Waals surface area contributed by atoms with E-state index in [1.807, 2.05) is 18.4 Å². The van der Waals surface area contributed by atoms with E-state index >= 15 is 0 Å². The fourth-order valence-corrected chi connectivity index (χ4v) is 6.93. The predicted octanol–water partition coefficient (Wildman–Crippen LogP) is 6.18. The second kappa shape index (κ2) is 11.9. The third-order valence-corrected chi connectivity index (χ3v) is 9.84. The van der Waals surface area contributed by atoms with E-state index < -0.39 is 0 Å². The van der Waals surface area contributed by atoms with Crippen LogP contribution in [0, 0.1) is 18.8 Å². The number of nitrogens with zero attached hydrogens (tertiary/aromatic N) is 3. The molecule has 0 bridgehead atoms. The molecule has 2 aliphatic rings. The van der Waals surface area contributed by atoms with Crippen molar-refractivity contribution in [3.63, 3.8) is 0 Å². The summed E-state index contributed by atoms with van der Waals surface area (Å²) >= 11 is 1.53. The lowest BCUT2D eigenvalue weighted by molar-refractivity contribution is 0.0686. The summed E-state index contributed by atoms with van der Waals surface area (Å²) in [6.07, 6.45) is 10.5. The molecule has 0 spiro atoms. The molecule has 4 N–H and O–H groups in total. The first-order valence-corrected chi connectivity index (χ1v) is 15.6. The number of hydrogen-bond acceptors (Lipinski definition) is 4. The van der Waals surface area contributed by atoms with Crippen molar-refractivity contribution < 1.29 is 4.79 Å². The van der Waals surface area contributed by atoms with Crippen LogP contribution in [0.5, 0.6) is 0 Å². The highest BCUT2D eigenvalue weighted by Crippen LogP contribution is 2.46. The minimum absolute atomic E-state index is 0.0757. The highest BCUT2D eigenvalue weighted by molar-refractivity contribution is 7.98. The van der Waals surface area contributed by atoms with Crippen molar-refractivity contribution in [2.45, 2.75) is 95.5 Å². The number of amides is 1. The van der Waals surface area contributed by atoms with Crippen molar-refractivity contribution in [2.24, 2.45) is 28.3 Å². The molecule has 0 radical (unpaired) electrons. The van der Waals surface area contributed by atoms with Crippen LogP contribution in [0.15, 0.2) is 40.5 Å². The van der Waals surface area contributed by atoms with Crippen LogP contribution in [0.4, 0.5) is 0 Å². The third kappa shape index (κ3) is 6.79. The van der Waals surface area contributed by atoms with Gasteiger partial charge in [0.1, 0.15) is 5.03 Å². The highest BCUT2D eigenvalue weighted by Gasteiger charge is 2.37. The zero-order valence-electron chi connectivity index (χ0n) is 24.7. The molecule has 1 heterocycles. The van der Waals surface area contributed by atoms with Crippen molar-refractivity contribution in [1.82, 2.24) is 9.88 Å². The third-order valence-electron chi connectivity index (χ3n) is 9.13. The molecule has 2 aromatic rings. The number of hydrogen-bond donors (Lipinski definition) is 2. The van der Waals surface area contributed by atoms with Crippen molar-refractivity contribution in [3.8, 4) is 0 Å². The molecular formula is C32H47N5OS. The van der Waals surface area contributed by atoms with Gasteiger partial charge in [-0.1, -0.05) is 39.8 Å². The number of carbonyl (C=O) groups is 1. The normalized spacial score (nSPS) is 21.6. The largest absolute Gasteiger partial charge is 0.370 e. The number of nitrogens with two attached hydrogens (primary N) is 2. The molecule has 0 unspecified atom stereocenters. The number of benzene rings is 1. The molecule has 39 heavy (non-hydrogen) atoms. The highest BCUT2D eigenvalue weighted by atomic mass is 32.2. The van der Waals surface area contributed by atoms with Gasteiger partial charge < -0.3 is 16.4 Å². The molecule has 0 atom stereocenters. The number of pyridine rings is 1. The Morgan fingerprint density at radius 3 is 2.28 bits per heavy atom. The molecule has 2 aliphatic carbocycles. The number of guanidine groups is 1. The lowest BCUT2D eigenvalue weighted by atomic mass is 9.62. The van der Waals surface area contributed by atoms with Gasteiger partial charge in [-0.05, 0) is 109 Å². The van der Waals surface area contributed by atoms with E-state index in [1.54, 1.807) is 6.20 Å². The summed E-state index contributed by atoms with van der Waals surface area (Å²) in [4.78, 5) is 24.9. The average Bonchev–Trinajstić information content (AvgIpc) is 2.90. The van der Waals surface area contributed by atoms with Gasteiger partial charge in [0.2, 0.25) is 0 Å². The zero-order chi connectivity index (χ0) is 28.4. The lowest BCUT2D eigenvalue weighted by Gasteiger charge is -2.42. The molecule has 1 saturated carbocycles. The Hall–Kier alpha value is -2.54. The van der Waals surface area contributed by atoms with Crippen molar-refractivity contribution in [2.75, 3.05) is 19.3 Å². The fourth-order valence-electron chi connectivity index (χ4n) is 6.39. The Balaban J connectivity index is 1.62. The second-order valence-electron chi connectivity index (χ2n) is 13.0. The molecule has 1 aromatic carbocycles. The number of carbonyl (C=O) groups excluding carboxylic acids is 1. The summed E-state index contributed by atoms with van der Waals surface area (Å²) in [7, 11) is 0. The molecule has 0 aliphatic heterocycles. The first-order chi connectivity index (χ1) is 18.4. The number of fused-ring (bicyclic) bond motifs is 1. The van der Waals surface area contributed by atoms with Gasteiger partial charge in [0.05, 0.1) is 5.56 Å². The first kappa shape index (κ1) is 29.4. The van der Waals surface area contributed by atoms with E-state index in [1.165, 1.54) is 46.9 Å². The maximum absolute atomic E-state index is 14.1. The molecule has 4 rings (SSSR count). The van der Waals surface area contributed by atoms with E-state index in [9.17, 15) is 4.79 Å². The Bertz CT molecular complexity index is 1210. The van der Waals surface area contributed by atoms with E-state index in [0.717, 1.165) is 37.3 Å². The minimum atomic E-state index is 0.0757. The average molecular weight is 550 g/mol. The van der Waals surface area contributed by atoms with Crippen LogP contribution in [0.25, 0.3) is 0 Å². The summed E-state index contributed by atoms with van der Waals surface area (Å²) < 4.78 is 0. The minimum Gasteiger partial charge on any atom is -0.370 e. The summed E-state index contributed by atoms with van der Waals surface area (Å²) in [5, 5.41) is 0.790. The van der Waals surface area contributed by atoms with Gasteiger partial charge >= 0.3 is 0 Å². The van der Waals surface area contributed by atoms with Crippen LogP contribution in [0.3, 0.4) is 0 Å². The Labute approximate surface area is 239 Å². The first-order valence-electron chi connectivity index (χ1n) is 14.4. The number of aromatic nitrogens is 1. The van der Waals surface area contributed by atoms with Gasteiger partial charge in [-0.3, -0.25) is 9.79 Å². The van der Waals surface area contributed by atoms with Crippen molar-refractivity contribution in [1.29, 1.82) is 0 Å².